The normalized spacial score (nSPS) is 15.7. The van der Waals surface area contributed by atoms with Gasteiger partial charge in [-0.2, -0.15) is 19.7 Å². The van der Waals surface area contributed by atoms with Gasteiger partial charge < -0.3 is 9.80 Å². The summed E-state index contributed by atoms with van der Waals surface area (Å²) in [5.41, 5.74) is 0.853. The molecule has 0 N–H and O–H groups in total. The fourth-order valence-electron chi connectivity index (χ4n) is 4.56. The van der Waals surface area contributed by atoms with Crippen molar-refractivity contribution in [3.05, 3.63) is 64.6 Å². The van der Waals surface area contributed by atoms with Gasteiger partial charge in [0.05, 0.1) is 11.1 Å². The van der Waals surface area contributed by atoms with E-state index in [2.05, 4.69) is 10.1 Å². The van der Waals surface area contributed by atoms with Crippen LogP contribution in [0.1, 0.15) is 22.5 Å². The van der Waals surface area contributed by atoms with Crippen LogP contribution >= 0.6 is 11.6 Å². The number of imidazole rings is 1. The Morgan fingerprint density at radius 2 is 2.00 bits per heavy atom. The van der Waals surface area contributed by atoms with Gasteiger partial charge >= 0.3 is 0 Å². The number of amides is 1. The van der Waals surface area contributed by atoms with Crippen LogP contribution in [0.2, 0.25) is 5.15 Å². The Bertz CT molecular complexity index is 1550. The van der Waals surface area contributed by atoms with Crippen LogP contribution in [0.25, 0.3) is 28.0 Å². The summed E-state index contributed by atoms with van der Waals surface area (Å²) in [7, 11) is 5.58. The van der Waals surface area contributed by atoms with Gasteiger partial charge in [-0.25, -0.2) is 4.39 Å². The summed E-state index contributed by atoms with van der Waals surface area (Å²) in [4.78, 5) is 21.3. The monoisotopic (exact) mass is 509 g/mol. The Kier molecular flexibility index (Phi) is 5.98. The highest BCUT2D eigenvalue weighted by molar-refractivity contribution is 6.34. The van der Waals surface area contributed by atoms with E-state index in [-0.39, 0.29) is 28.7 Å². The Morgan fingerprint density at radius 1 is 1.22 bits per heavy atom. The van der Waals surface area contributed by atoms with Crippen LogP contribution in [-0.4, -0.2) is 68.3 Å². The van der Waals surface area contributed by atoms with E-state index in [1.54, 1.807) is 36.2 Å². The SMILES string of the molecule is CN(C)[C@H]1CCN(C(=O)c2c(F)nc(-c3ccc(C#N)c(F)c3)n2-c2ccc3nn(C)c(Cl)c3c2)C1. The molecule has 0 unspecified atom stereocenters. The maximum Gasteiger partial charge on any atom is 0.275 e. The van der Waals surface area contributed by atoms with Gasteiger partial charge in [0.15, 0.2) is 5.69 Å². The standard InChI is InChI=1S/C25H22ClF2N7O/c1-32(2)17-8-9-34(13-17)25(36)21-23(28)30-24(14-4-5-15(12-29)19(27)10-14)35(21)16-6-7-20-18(11-16)22(26)33(3)31-20/h4-7,10-11,17H,8-9,13H2,1-3H3/t17-/m0/s1. The number of hydrogen-bond donors (Lipinski definition) is 0. The Balaban J connectivity index is 1.71. The topological polar surface area (TPSA) is 83.0 Å². The van der Waals surface area contributed by atoms with E-state index in [4.69, 9.17) is 16.9 Å². The van der Waals surface area contributed by atoms with Crippen molar-refractivity contribution in [3.8, 4) is 23.1 Å². The zero-order valence-corrected chi connectivity index (χ0v) is 20.6. The van der Waals surface area contributed by atoms with Gasteiger partial charge in [-0.15, -0.1) is 0 Å². The van der Waals surface area contributed by atoms with E-state index in [1.165, 1.54) is 21.4 Å². The van der Waals surface area contributed by atoms with Crippen molar-refractivity contribution in [1.29, 1.82) is 5.26 Å². The minimum absolute atomic E-state index is 0.0296. The number of likely N-dealkylation sites (N-methyl/N-ethyl adjacent to an activating group) is 1. The zero-order chi connectivity index (χ0) is 25.7. The molecule has 0 bridgehead atoms. The predicted molar refractivity (Wildman–Crippen MR) is 131 cm³/mol. The summed E-state index contributed by atoms with van der Waals surface area (Å²) in [5, 5.41) is 14.4. The molecule has 184 valence electrons. The van der Waals surface area contributed by atoms with E-state index >= 15 is 4.39 Å². The zero-order valence-electron chi connectivity index (χ0n) is 19.8. The number of fused-ring (bicyclic) bond motifs is 1. The third-order valence-electron chi connectivity index (χ3n) is 6.57. The molecule has 0 saturated carbocycles. The average molecular weight is 510 g/mol. The van der Waals surface area contributed by atoms with Crippen molar-refractivity contribution in [2.24, 2.45) is 7.05 Å². The minimum Gasteiger partial charge on any atom is -0.336 e. The molecule has 1 amide bonds. The summed E-state index contributed by atoms with van der Waals surface area (Å²) in [6, 6.07) is 10.9. The second-order valence-corrected chi connectivity index (χ2v) is 9.35. The van der Waals surface area contributed by atoms with E-state index in [0.717, 1.165) is 12.5 Å². The lowest BCUT2D eigenvalue weighted by atomic mass is 10.1. The first-order valence-corrected chi connectivity index (χ1v) is 11.6. The van der Waals surface area contributed by atoms with Gasteiger partial charge in [0.25, 0.3) is 5.91 Å². The highest BCUT2D eigenvalue weighted by Crippen LogP contribution is 2.32. The van der Waals surface area contributed by atoms with Crippen LogP contribution in [0, 0.1) is 23.1 Å². The molecular weight excluding hydrogens is 488 g/mol. The number of benzene rings is 2. The molecule has 8 nitrogen and oxygen atoms in total. The molecule has 0 radical (unpaired) electrons. The van der Waals surface area contributed by atoms with Crippen LogP contribution in [0.5, 0.6) is 0 Å². The molecule has 2 aromatic heterocycles. The predicted octanol–water partition coefficient (Wildman–Crippen LogP) is 4.01. The van der Waals surface area contributed by atoms with Crippen LogP contribution in [0.3, 0.4) is 0 Å². The van der Waals surface area contributed by atoms with E-state index < -0.39 is 17.7 Å². The lowest BCUT2D eigenvalue weighted by Crippen LogP contribution is -2.35. The molecule has 1 aliphatic heterocycles. The number of carbonyl (C=O) groups is 1. The quantitative estimate of drug-likeness (QED) is 0.415. The van der Waals surface area contributed by atoms with Gasteiger partial charge in [0.2, 0.25) is 5.95 Å². The molecule has 1 saturated heterocycles. The number of rotatable bonds is 4. The summed E-state index contributed by atoms with van der Waals surface area (Å²) < 4.78 is 32.9. The summed E-state index contributed by atoms with van der Waals surface area (Å²) in [6.07, 6.45) is 0.763. The van der Waals surface area contributed by atoms with Gasteiger partial charge in [-0.05, 0) is 56.9 Å². The maximum absolute atomic E-state index is 15.5. The van der Waals surface area contributed by atoms with Crippen molar-refractivity contribution >= 4 is 28.4 Å². The van der Waals surface area contributed by atoms with Crippen molar-refractivity contribution < 1.29 is 13.6 Å². The van der Waals surface area contributed by atoms with Gasteiger partial charge in [0.1, 0.15) is 22.9 Å². The molecule has 2 aromatic carbocycles. The molecule has 4 aromatic rings. The number of aromatic nitrogens is 4. The molecular formula is C25H22ClF2N7O. The van der Waals surface area contributed by atoms with Crippen molar-refractivity contribution in [1.82, 2.24) is 29.1 Å². The van der Waals surface area contributed by atoms with Gasteiger partial charge in [0, 0.05) is 42.8 Å². The molecule has 1 aliphatic rings. The third-order valence-corrected chi connectivity index (χ3v) is 7.02. The number of aryl methyl sites for hydroxylation is 1. The number of carbonyl (C=O) groups excluding carboxylic acids is 1. The largest absolute Gasteiger partial charge is 0.336 e. The highest BCUT2D eigenvalue weighted by Gasteiger charge is 2.34. The third kappa shape index (κ3) is 3.90. The summed E-state index contributed by atoms with van der Waals surface area (Å²) >= 11 is 6.41. The van der Waals surface area contributed by atoms with Crippen LogP contribution in [-0.2, 0) is 7.05 Å². The first-order chi connectivity index (χ1) is 17.2. The molecule has 1 fully saturated rings. The van der Waals surface area contributed by atoms with Crippen LogP contribution in [0.4, 0.5) is 8.78 Å². The molecule has 5 rings (SSSR count). The summed E-state index contributed by atoms with van der Waals surface area (Å²) in [5.74, 6) is -2.22. The Morgan fingerprint density at radius 3 is 2.67 bits per heavy atom. The number of nitrogens with zero attached hydrogens (tertiary/aromatic N) is 7. The smallest absolute Gasteiger partial charge is 0.275 e. The maximum atomic E-state index is 15.5. The average Bonchev–Trinajstić information content (AvgIpc) is 3.55. The highest BCUT2D eigenvalue weighted by atomic mass is 35.5. The first-order valence-electron chi connectivity index (χ1n) is 11.3. The number of likely N-dealkylation sites (tertiary alicyclic amines) is 1. The van der Waals surface area contributed by atoms with Crippen LogP contribution < -0.4 is 0 Å². The fourth-order valence-corrected chi connectivity index (χ4v) is 4.75. The van der Waals surface area contributed by atoms with Gasteiger partial charge in [-0.3, -0.25) is 14.0 Å². The molecule has 11 heteroatoms. The number of hydrogen-bond acceptors (Lipinski definition) is 5. The summed E-state index contributed by atoms with van der Waals surface area (Å²) in [6.45, 7) is 0.922. The molecule has 36 heavy (non-hydrogen) atoms. The molecule has 1 atom stereocenters. The molecule has 0 spiro atoms. The second-order valence-electron chi connectivity index (χ2n) is 8.99. The van der Waals surface area contributed by atoms with Crippen molar-refractivity contribution in [2.75, 3.05) is 27.2 Å². The Hall–Kier alpha value is -3.81. The fraction of sp³-hybridized carbons (Fsp3) is 0.280. The molecule has 3 heterocycles. The van der Waals surface area contributed by atoms with Crippen molar-refractivity contribution in [3.63, 3.8) is 0 Å². The Labute approximate surface area is 210 Å². The lowest BCUT2D eigenvalue weighted by Gasteiger charge is -2.21. The second kappa shape index (κ2) is 9.00. The van der Waals surface area contributed by atoms with Crippen molar-refractivity contribution in [2.45, 2.75) is 12.5 Å². The number of halogens is 3. The van der Waals surface area contributed by atoms with E-state index in [1.807, 2.05) is 19.0 Å². The minimum atomic E-state index is -0.967. The van der Waals surface area contributed by atoms with Crippen LogP contribution in [0.15, 0.2) is 36.4 Å². The van der Waals surface area contributed by atoms with Gasteiger partial charge in [-0.1, -0.05) is 11.6 Å². The number of nitriles is 1. The van der Waals surface area contributed by atoms with E-state index in [0.29, 0.717) is 34.8 Å². The lowest BCUT2D eigenvalue weighted by molar-refractivity contribution is 0.0770. The molecule has 0 aliphatic carbocycles. The first kappa shape index (κ1) is 23.9. The van der Waals surface area contributed by atoms with E-state index in [9.17, 15) is 9.18 Å².